The van der Waals surface area contributed by atoms with Gasteiger partial charge in [-0.05, 0) is 55.0 Å². The minimum atomic E-state index is -3.56. The van der Waals surface area contributed by atoms with Crippen LogP contribution in [0.3, 0.4) is 0 Å². The molecule has 0 bridgehead atoms. The Morgan fingerprint density at radius 2 is 1.73 bits per heavy atom. The lowest BCUT2D eigenvalue weighted by Crippen LogP contribution is -2.36. The van der Waals surface area contributed by atoms with Crippen LogP contribution in [-0.2, 0) is 19.6 Å². The van der Waals surface area contributed by atoms with E-state index < -0.39 is 10.0 Å². The fraction of sp³-hybridized carbons (Fsp3) is 0.444. The number of carbonyl (C=O) groups excluding carboxylic acids is 2. The number of sulfonamides is 1. The van der Waals surface area contributed by atoms with Crippen molar-refractivity contribution in [1.82, 2.24) is 9.62 Å². The van der Waals surface area contributed by atoms with Crippen LogP contribution < -0.4 is 10.6 Å². The zero-order valence-electron chi connectivity index (χ0n) is 14.2. The van der Waals surface area contributed by atoms with Crippen LogP contribution in [0.2, 0.25) is 0 Å². The van der Waals surface area contributed by atoms with Gasteiger partial charge in [-0.3, -0.25) is 9.59 Å². The number of fused-ring (bicyclic) bond motifs is 1. The third kappa shape index (κ3) is 3.14. The van der Waals surface area contributed by atoms with Gasteiger partial charge in [-0.2, -0.15) is 4.31 Å². The standard InChI is InChI=1S/C18H21N3O4S/c1-2-16(22)20-17-14-9-21(10-15(14)17)26(24,25)13-7-5-12(6-8-13)19-18(23)11-3-4-11/h2,5-8,11,14-15,17H,1,3-4,9-10H2,(H,19,23)(H,20,22). The Morgan fingerprint density at radius 1 is 1.12 bits per heavy atom. The van der Waals surface area contributed by atoms with E-state index in [2.05, 4.69) is 17.2 Å². The molecule has 8 heteroatoms. The van der Waals surface area contributed by atoms with Crippen molar-refractivity contribution in [3.63, 3.8) is 0 Å². The van der Waals surface area contributed by atoms with Crippen molar-refractivity contribution in [3.8, 4) is 0 Å². The lowest BCUT2D eigenvalue weighted by Gasteiger charge is -2.20. The molecule has 7 nitrogen and oxygen atoms in total. The van der Waals surface area contributed by atoms with Crippen molar-refractivity contribution in [3.05, 3.63) is 36.9 Å². The molecule has 1 aromatic carbocycles. The van der Waals surface area contributed by atoms with E-state index in [0.29, 0.717) is 18.8 Å². The largest absolute Gasteiger partial charge is 0.349 e. The summed E-state index contributed by atoms with van der Waals surface area (Å²) < 4.78 is 27.0. The Morgan fingerprint density at radius 3 is 2.27 bits per heavy atom. The monoisotopic (exact) mass is 375 g/mol. The van der Waals surface area contributed by atoms with Crippen molar-refractivity contribution in [2.24, 2.45) is 17.8 Å². The van der Waals surface area contributed by atoms with Gasteiger partial charge in [-0.25, -0.2) is 8.42 Å². The smallest absolute Gasteiger partial charge is 0.243 e. The number of rotatable bonds is 6. The van der Waals surface area contributed by atoms with Gasteiger partial charge in [0.15, 0.2) is 0 Å². The Bertz CT molecular complexity index is 849. The summed E-state index contributed by atoms with van der Waals surface area (Å²) in [6.07, 6.45) is 3.07. The van der Waals surface area contributed by atoms with E-state index in [1.807, 2.05) is 0 Å². The summed E-state index contributed by atoms with van der Waals surface area (Å²) in [6.45, 7) is 4.25. The predicted molar refractivity (Wildman–Crippen MR) is 95.7 cm³/mol. The first-order chi connectivity index (χ1) is 12.4. The summed E-state index contributed by atoms with van der Waals surface area (Å²) in [5.74, 6) is 0.219. The molecule has 4 rings (SSSR count). The first-order valence-corrected chi connectivity index (χ1v) is 10.2. The van der Waals surface area contributed by atoms with Gasteiger partial charge < -0.3 is 10.6 Å². The molecule has 1 aliphatic heterocycles. The van der Waals surface area contributed by atoms with Gasteiger partial charge in [-0.15, -0.1) is 0 Å². The number of nitrogens with one attached hydrogen (secondary N) is 2. The molecule has 0 radical (unpaired) electrons. The van der Waals surface area contributed by atoms with Gasteiger partial charge in [0.1, 0.15) is 0 Å². The molecule has 1 aromatic rings. The maximum atomic E-state index is 12.8. The second-order valence-electron chi connectivity index (χ2n) is 7.18. The summed E-state index contributed by atoms with van der Waals surface area (Å²) in [7, 11) is -3.56. The lowest BCUT2D eigenvalue weighted by molar-refractivity contribution is -0.117. The zero-order chi connectivity index (χ0) is 18.5. The SMILES string of the molecule is C=CC(=O)NC1C2CN(S(=O)(=O)c3ccc(NC(=O)C4CC4)cc3)CC21. The molecule has 26 heavy (non-hydrogen) atoms. The molecule has 0 aromatic heterocycles. The Balaban J connectivity index is 1.38. The molecule has 2 unspecified atom stereocenters. The number of carbonyl (C=O) groups is 2. The molecule has 3 aliphatic rings. The summed E-state index contributed by atoms with van der Waals surface area (Å²) in [4.78, 5) is 23.3. The van der Waals surface area contributed by atoms with E-state index in [0.717, 1.165) is 12.8 Å². The van der Waals surface area contributed by atoms with Crippen LogP contribution in [0.15, 0.2) is 41.8 Å². The van der Waals surface area contributed by atoms with Gasteiger partial charge in [0, 0.05) is 30.7 Å². The minimum absolute atomic E-state index is 0.00662. The molecule has 2 atom stereocenters. The van der Waals surface area contributed by atoms with E-state index in [1.165, 1.54) is 22.5 Å². The highest BCUT2D eigenvalue weighted by atomic mass is 32.2. The van der Waals surface area contributed by atoms with E-state index in [-0.39, 0.29) is 40.5 Å². The first kappa shape index (κ1) is 17.2. The van der Waals surface area contributed by atoms with Gasteiger partial charge in [0.25, 0.3) is 0 Å². The Labute approximate surface area is 152 Å². The van der Waals surface area contributed by atoms with Crippen LogP contribution in [0.25, 0.3) is 0 Å². The Hall–Kier alpha value is -2.19. The number of benzene rings is 1. The van der Waals surface area contributed by atoms with Gasteiger partial charge in [0.2, 0.25) is 21.8 Å². The summed E-state index contributed by atoms with van der Waals surface area (Å²) >= 11 is 0. The van der Waals surface area contributed by atoms with E-state index in [1.54, 1.807) is 12.1 Å². The highest BCUT2D eigenvalue weighted by Gasteiger charge is 2.58. The van der Waals surface area contributed by atoms with E-state index >= 15 is 0 Å². The molecule has 138 valence electrons. The number of nitrogens with zero attached hydrogens (tertiary/aromatic N) is 1. The van der Waals surface area contributed by atoms with Crippen molar-refractivity contribution < 1.29 is 18.0 Å². The van der Waals surface area contributed by atoms with Crippen molar-refractivity contribution in [2.75, 3.05) is 18.4 Å². The molecular weight excluding hydrogens is 354 g/mol. The highest BCUT2D eigenvalue weighted by molar-refractivity contribution is 7.89. The topological polar surface area (TPSA) is 95.6 Å². The van der Waals surface area contributed by atoms with E-state index in [4.69, 9.17) is 0 Å². The second kappa shape index (κ2) is 6.21. The highest BCUT2D eigenvalue weighted by Crippen LogP contribution is 2.47. The Kier molecular flexibility index (Phi) is 4.11. The van der Waals surface area contributed by atoms with Gasteiger partial charge in [0.05, 0.1) is 4.90 Å². The van der Waals surface area contributed by atoms with Crippen molar-refractivity contribution in [2.45, 2.75) is 23.8 Å². The minimum Gasteiger partial charge on any atom is -0.349 e. The molecule has 1 saturated heterocycles. The quantitative estimate of drug-likeness (QED) is 0.724. The zero-order valence-corrected chi connectivity index (χ0v) is 15.0. The molecule has 2 N–H and O–H groups in total. The normalized spacial score (nSPS) is 27.5. The fourth-order valence-electron chi connectivity index (χ4n) is 3.57. The number of anilines is 1. The fourth-order valence-corrected chi connectivity index (χ4v) is 5.09. The molecular formula is C18H21N3O4S. The lowest BCUT2D eigenvalue weighted by atomic mass is 10.3. The van der Waals surface area contributed by atoms with Gasteiger partial charge in [-0.1, -0.05) is 6.58 Å². The van der Waals surface area contributed by atoms with Crippen LogP contribution in [0.1, 0.15) is 12.8 Å². The molecule has 2 amide bonds. The number of hydrogen-bond donors (Lipinski definition) is 2. The number of amides is 2. The van der Waals surface area contributed by atoms with Crippen LogP contribution in [0.4, 0.5) is 5.69 Å². The van der Waals surface area contributed by atoms with Crippen LogP contribution in [0, 0.1) is 17.8 Å². The number of piperidine rings is 1. The second-order valence-corrected chi connectivity index (χ2v) is 9.11. The average molecular weight is 375 g/mol. The molecule has 3 fully saturated rings. The molecule has 1 heterocycles. The predicted octanol–water partition coefficient (Wildman–Crippen LogP) is 0.956. The molecule has 2 saturated carbocycles. The summed E-state index contributed by atoms with van der Waals surface area (Å²) in [5.41, 5.74) is 0.609. The maximum Gasteiger partial charge on any atom is 0.243 e. The van der Waals surface area contributed by atoms with E-state index in [9.17, 15) is 18.0 Å². The van der Waals surface area contributed by atoms with Gasteiger partial charge >= 0.3 is 0 Å². The first-order valence-electron chi connectivity index (χ1n) is 8.74. The summed E-state index contributed by atoms with van der Waals surface area (Å²) in [6, 6.07) is 6.35. The molecule has 0 spiro atoms. The van der Waals surface area contributed by atoms with Crippen LogP contribution in [-0.4, -0.2) is 43.7 Å². The van der Waals surface area contributed by atoms with Crippen molar-refractivity contribution in [1.29, 1.82) is 0 Å². The maximum absolute atomic E-state index is 12.8. The summed E-state index contributed by atoms with van der Waals surface area (Å²) in [5, 5.41) is 5.64. The third-order valence-corrected chi connectivity index (χ3v) is 7.21. The van der Waals surface area contributed by atoms with Crippen molar-refractivity contribution >= 4 is 27.5 Å². The van der Waals surface area contributed by atoms with Crippen LogP contribution in [0.5, 0.6) is 0 Å². The number of hydrogen-bond acceptors (Lipinski definition) is 4. The third-order valence-electron chi connectivity index (χ3n) is 5.36. The average Bonchev–Trinajstić information content (AvgIpc) is 3.53. The molecule has 2 aliphatic carbocycles. The van der Waals surface area contributed by atoms with Crippen LogP contribution >= 0.6 is 0 Å².